The lowest BCUT2D eigenvalue weighted by molar-refractivity contribution is 0.442. The lowest BCUT2D eigenvalue weighted by Gasteiger charge is -2.01. The predicted octanol–water partition coefficient (Wildman–Crippen LogP) is 2.66. The number of benzene rings is 1. The van der Waals surface area contributed by atoms with Gasteiger partial charge in [0.25, 0.3) is 0 Å². The molecule has 18 heavy (non-hydrogen) atoms. The Morgan fingerprint density at radius 3 is 2.72 bits per heavy atom. The van der Waals surface area contributed by atoms with Gasteiger partial charge in [-0.25, -0.2) is 4.98 Å². The molecule has 3 rings (SSSR count). The summed E-state index contributed by atoms with van der Waals surface area (Å²) >= 11 is 0. The molecule has 0 aliphatic heterocycles. The molecule has 0 spiro atoms. The van der Waals surface area contributed by atoms with Crippen LogP contribution in [0.4, 0.5) is 0 Å². The second kappa shape index (κ2) is 4.14. The van der Waals surface area contributed by atoms with E-state index in [0.717, 1.165) is 11.3 Å². The van der Waals surface area contributed by atoms with Crippen LogP contribution in [0, 0.1) is 0 Å². The second-order valence-electron chi connectivity index (χ2n) is 4.10. The van der Waals surface area contributed by atoms with Gasteiger partial charge in [0.15, 0.2) is 5.65 Å². The standard InChI is InChI=1S/C14H13N3O/c1-2-11-14(18)17-9-12(15-8-13(17)16-11)10-6-4-3-5-7-10/h3-9,18H,2H2,1H3. The van der Waals surface area contributed by atoms with Crippen LogP contribution in [0.5, 0.6) is 5.88 Å². The molecule has 4 nitrogen and oxygen atoms in total. The second-order valence-corrected chi connectivity index (χ2v) is 4.10. The topological polar surface area (TPSA) is 50.4 Å². The highest BCUT2D eigenvalue weighted by molar-refractivity contribution is 5.60. The van der Waals surface area contributed by atoms with Crippen molar-refractivity contribution in [2.24, 2.45) is 0 Å². The van der Waals surface area contributed by atoms with Crippen molar-refractivity contribution >= 4 is 5.65 Å². The summed E-state index contributed by atoms with van der Waals surface area (Å²) in [7, 11) is 0. The van der Waals surface area contributed by atoms with Crippen LogP contribution < -0.4 is 0 Å². The Balaban J connectivity index is 2.19. The van der Waals surface area contributed by atoms with Gasteiger partial charge in [-0.2, -0.15) is 0 Å². The third-order valence-electron chi connectivity index (χ3n) is 2.96. The van der Waals surface area contributed by atoms with Crippen LogP contribution in [-0.4, -0.2) is 19.5 Å². The van der Waals surface area contributed by atoms with Crippen LogP contribution in [0.3, 0.4) is 0 Å². The molecule has 3 aromatic rings. The fraction of sp³-hybridized carbons (Fsp3) is 0.143. The van der Waals surface area contributed by atoms with Crippen molar-refractivity contribution < 1.29 is 5.11 Å². The summed E-state index contributed by atoms with van der Waals surface area (Å²) in [6.45, 7) is 1.97. The molecule has 1 N–H and O–H groups in total. The van der Waals surface area contributed by atoms with Crippen molar-refractivity contribution in [1.82, 2.24) is 14.4 Å². The smallest absolute Gasteiger partial charge is 0.219 e. The SMILES string of the molecule is CCc1nc2cnc(-c3ccccc3)cn2c1O. The molecule has 0 bridgehead atoms. The average Bonchev–Trinajstić information content (AvgIpc) is 2.76. The monoisotopic (exact) mass is 239 g/mol. The third kappa shape index (κ3) is 1.62. The number of imidazole rings is 1. The van der Waals surface area contributed by atoms with Crippen molar-refractivity contribution in [1.29, 1.82) is 0 Å². The number of rotatable bonds is 2. The van der Waals surface area contributed by atoms with E-state index in [1.807, 2.05) is 43.5 Å². The molecular formula is C14H13N3O. The summed E-state index contributed by atoms with van der Waals surface area (Å²) in [4.78, 5) is 8.69. The highest BCUT2D eigenvalue weighted by atomic mass is 16.3. The largest absolute Gasteiger partial charge is 0.493 e. The normalized spacial score (nSPS) is 10.9. The molecule has 0 saturated carbocycles. The van der Waals surface area contributed by atoms with Gasteiger partial charge in [-0.15, -0.1) is 0 Å². The number of aromatic hydroxyl groups is 1. The van der Waals surface area contributed by atoms with Crippen molar-refractivity contribution in [2.45, 2.75) is 13.3 Å². The zero-order valence-corrected chi connectivity index (χ0v) is 10.0. The van der Waals surface area contributed by atoms with E-state index in [-0.39, 0.29) is 5.88 Å². The Hall–Kier alpha value is -2.36. The quantitative estimate of drug-likeness (QED) is 0.748. The van der Waals surface area contributed by atoms with Gasteiger partial charge < -0.3 is 5.11 Å². The molecule has 2 heterocycles. The van der Waals surface area contributed by atoms with E-state index in [1.165, 1.54) is 0 Å². The first-order valence-electron chi connectivity index (χ1n) is 5.91. The Morgan fingerprint density at radius 2 is 2.00 bits per heavy atom. The predicted molar refractivity (Wildman–Crippen MR) is 69.5 cm³/mol. The first-order valence-corrected chi connectivity index (χ1v) is 5.91. The average molecular weight is 239 g/mol. The highest BCUT2D eigenvalue weighted by Crippen LogP contribution is 2.22. The summed E-state index contributed by atoms with van der Waals surface area (Å²) in [5.41, 5.74) is 3.20. The van der Waals surface area contributed by atoms with Crippen molar-refractivity contribution in [3.63, 3.8) is 0 Å². The number of fused-ring (bicyclic) bond motifs is 1. The Labute approximate surface area is 105 Å². The first-order chi connectivity index (χ1) is 8.79. The number of hydrogen-bond acceptors (Lipinski definition) is 3. The molecule has 90 valence electrons. The zero-order valence-electron chi connectivity index (χ0n) is 10.0. The fourth-order valence-corrected chi connectivity index (χ4v) is 1.99. The van der Waals surface area contributed by atoms with Crippen molar-refractivity contribution in [3.8, 4) is 17.1 Å². The minimum atomic E-state index is 0.201. The maximum Gasteiger partial charge on any atom is 0.219 e. The minimum absolute atomic E-state index is 0.201. The zero-order chi connectivity index (χ0) is 12.5. The summed E-state index contributed by atoms with van der Waals surface area (Å²) in [5, 5.41) is 10.0. The van der Waals surface area contributed by atoms with Gasteiger partial charge in [0.1, 0.15) is 5.69 Å². The van der Waals surface area contributed by atoms with E-state index in [4.69, 9.17) is 0 Å². The van der Waals surface area contributed by atoms with Gasteiger partial charge in [0.05, 0.1) is 11.9 Å². The van der Waals surface area contributed by atoms with E-state index in [1.54, 1.807) is 10.6 Å². The van der Waals surface area contributed by atoms with Crippen molar-refractivity contribution in [3.05, 3.63) is 48.4 Å². The van der Waals surface area contributed by atoms with E-state index in [0.29, 0.717) is 17.8 Å². The third-order valence-corrected chi connectivity index (χ3v) is 2.96. The van der Waals surface area contributed by atoms with Gasteiger partial charge in [-0.1, -0.05) is 37.3 Å². The summed E-state index contributed by atoms with van der Waals surface area (Å²) in [6.07, 6.45) is 4.20. The van der Waals surface area contributed by atoms with Crippen LogP contribution in [0.15, 0.2) is 42.7 Å². The molecule has 1 aromatic carbocycles. The first kappa shape index (κ1) is 10.8. The minimum Gasteiger partial charge on any atom is -0.493 e. The lowest BCUT2D eigenvalue weighted by Crippen LogP contribution is -1.90. The maximum atomic E-state index is 10.0. The van der Waals surface area contributed by atoms with Crippen LogP contribution in [0.2, 0.25) is 0 Å². The maximum absolute atomic E-state index is 10.0. The summed E-state index contributed by atoms with van der Waals surface area (Å²) < 4.78 is 1.67. The molecule has 4 heteroatoms. The molecule has 0 aliphatic carbocycles. The molecule has 0 atom stereocenters. The fourth-order valence-electron chi connectivity index (χ4n) is 1.99. The molecule has 0 radical (unpaired) electrons. The van der Waals surface area contributed by atoms with Crippen LogP contribution >= 0.6 is 0 Å². The molecule has 0 amide bonds. The van der Waals surface area contributed by atoms with Crippen LogP contribution in [0.25, 0.3) is 16.9 Å². The molecule has 0 saturated heterocycles. The van der Waals surface area contributed by atoms with Crippen LogP contribution in [0.1, 0.15) is 12.6 Å². The number of nitrogens with zero attached hydrogens (tertiary/aromatic N) is 3. The molecular weight excluding hydrogens is 226 g/mol. The van der Waals surface area contributed by atoms with E-state index >= 15 is 0 Å². The Bertz CT molecular complexity index is 689. The Kier molecular flexibility index (Phi) is 2.48. The van der Waals surface area contributed by atoms with Gasteiger partial charge in [0, 0.05) is 11.8 Å². The van der Waals surface area contributed by atoms with Gasteiger partial charge in [-0.3, -0.25) is 9.38 Å². The summed E-state index contributed by atoms with van der Waals surface area (Å²) in [5.74, 6) is 0.201. The van der Waals surface area contributed by atoms with E-state index in [2.05, 4.69) is 9.97 Å². The number of aromatic nitrogens is 3. The lowest BCUT2D eigenvalue weighted by atomic mass is 10.2. The molecule has 2 aromatic heterocycles. The van der Waals surface area contributed by atoms with Gasteiger partial charge in [-0.05, 0) is 6.42 Å². The van der Waals surface area contributed by atoms with Gasteiger partial charge >= 0.3 is 0 Å². The number of hydrogen-bond donors (Lipinski definition) is 1. The molecule has 0 unspecified atom stereocenters. The van der Waals surface area contributed by atoms with E-state index < -0.39 is 0 Å². The van der Waals surface area contributed by atoms with Gasteiger partial charge in [0.2, 0.25) is 5.88 Å². The molecule has 0 fully saturated rings. The molecule has 0 aliphatic rings. The Morgan fingerprint density at radius 1 is 1.22 bits per heavy atom. The highest BCUT2D eigenvalue weighted by Gasteiger charge is 2.10. The van der Waals surface area contributed by atoms with E-state index in [9.17, 15) is 5.11 Å². The summed E-state index contributed by atoms with van der Waals surface area (Å²) in [6, 6.07) is 9.87. The van der Waals surface area contributed by atoms with Crippen molar-refractivity contribution in [2.75, 3.05) is 0 Å². The number of aryl methyl sites for hydroxylation is 1. The van der Waals surface area contributed by atoms with Crippen LogP contribution in [-0.2, 0) is 6.42 Å².